The fraction of sp³-hybridized carbons (Fsp3) is 0.500. The summed E-state index contributed by atoms with van der Waals surface area (Å²) in [5, 5.41) is 2.90. The summed E-state index contributed by atoms with van der Waals surface area (Å²) in [7, 11) is 0. The number of carbonyl (C=O) groups is 2. The topological polar surface area (TPSA) is 87.7 Å². The molecule has 0 radical (unpaired) electrons. The maximum Gasteiger partial charge on any atom is 0.410 e. The van der Waals surface area contributed by atoms with Gasteiger partial charge >= 0.3 is 12.1 Å². The highest BCUT2D eigenvalue weighted by atomic mass is 16.6. The molecule has 150 valence electrons. The molecule has 1 saturated heterocycles. The van der Waals surface area contributed by atoms with E-state index in [4.69, 9.17) is 4.74 Å². The number of amides is 3. The van der Waals surface area contributed by atoms with E-state index < -0.39 is 5.60 Å². The minimum Gasteiger partial charge on any atom is -0.444 e. The van der Waals surface area contributed by atoms with Gasteiger partial charge in [0, 0.05) is 31.9 Å². The number of anilines is 1. The lowest BCUT2D eigenvalue weighted by molar-refractivity contribution is 0.0174. The van der Waals surface area contributed by atoms with Crippen molar-refractivity contribution >= 4 is 28.8 Å². The molecule has 2 heterocycles. The van der Waals surface area contributed by atoms with Gasteiger partial charge in [-0.1, -0.05) is 0 Å². The first-order chi connectivity index (χ1) is 13.1. The number of urea groups is 1. The normalized spacial score (nSPS) is 14.9. The number of hydrogen-bond acceptors (Lipinski definition) is 5. The SMILES string of the molecule is Cc1nc2ccc(NC(=O)N3CCN(C(=O)OC(C)(C)C)CC3)cc2nc1C. The third-order valence-corrected chi connectivity index (χ3v) is 4.55. The van der Waals surface area contributed by atoms with Gasteiger partial charge in [-0.15, -0.1) is 0 Å². The van der Waals surface area contributed by atoms with Crippen molar-refractivity contribution < 1.29 is 14.3 Å². The van der Waals surface area contributed by atoms with Crippen molar-refractivity contribution in [3.05, 3.63) is 29.6 Å². The van der Waals surface area contributed by atoms with Crippen molar-refractivity contribution in [2.45, 2.75) is 40.2 Å². The molecule has 1 aromatic carbocycles. The van der Waals surface area contributed by atoms with E-state index in [2.05, 4.69) is 15.3 Å². The summed E-state index contributed by atoms with van der Waals surface area (Å²) in [6.45, 7) is 11.2. The smallest absolute Gasteiger partial charge is 0.410 e. The Bertz CT molecular complexity index is 899. The number of nitrogens with one attached hydrogen (secondary N) is 1. The van der Waals surface area contributed by atoms with Crippen LogP contribution in [-0.4, -0.2) is 63.7 Å². The Labute approximate surface area is 164 Å². The largest absolute Gasteiger partial charge is 0.444 e. The molecule has 8 heteroatoms. The van der Waals surface area contributed by atoms with Crippen LogP contribution in [0.15, 0.2) is 18.2 Å². The molecule has 3 amide bonds. The van der Waals surface area contributed by atoms with Gasteiger partial charge < -0.3 is 19.9 Å². The summed E-state index contributed by atoms with van der Waals surface area (Å²) in [6, 6.07) is 5.30. The quantitative estimate of drug-likeness (QED) is 0.813. The van der Waals surface area contributed by atoms with Crippen LogP contribution in [0.1, 0.15) is 32.2 Å². The van der Waals surface area contributed by atoms with Gasteiger partial charge in [-0.25, -0.2) is 19.6 Å². The fourth-order valence-corrected chi connectivity index (χ4v) is 2.93. The maximum absolute atomic E-state index is 12.6. The van der Waals surface area contributed by atoms with E-state index in [1.54, 1.807) is 9.80 Å². The molecule has 8 nitrogen and oxygen atoms in total. The molecular formula is C20H27N5O3. The van der Waals surface area contributed by atoms with Crippen LogP contribution >= 0.6 is 0 Å². The number of aromatic nitrogens is 2. The molecule has 0 aliphatic carbocycles. The Morgan fingerprint density at radius 2 is 1.54 bits per heavy atom. The number of benzene rings is 1. The van der Waals surface area contributed by atoms with Gasteiger partial charge in [0.25, 0.3) is 0 Å². The highest BCUT2D eigenvalue weighted by molar-refractivity contribution is 5.92. The van der Waals surface area contributed by atoms with Crippen molar-refractivity contribution in [2.75, 3.05) is 31.5 Å². The van der Waals surface area contributed by atoms with E-state index in [1.807, 2.05) is 52.8 Å². The Morgan fingerprint density at radius 1 is 0.964 bits per heavy atom. The second kappa shape index (κ2) is 7.61. The average molecular weight is 385 g/mol. The van der Waals surface area contributed by atoms with Crippen LogP contribution in [0.4, 0.5) is 15.3 Å². The number of piperazine rings is 1. The Hall–Kier alpha value is -2.90. The van der Waals surface area contributed by atoms with Crippen LogP contribution in [0.3, 0.4) is 0 Å². The van der Waals surface area contributed by atoms with E-state index in [0.717, 1.165) is 22.4 Å². The van der Waals surface area contributed by atoms with Gasteiger partial charge in [-0.2, -0.15) is 0 Å². The predicted octanol–water partition coefficient (Wildman–Crippen LogP) is 3.33. The van der Waals surface area contributed by atoms with Crippen LogP contribution in [0.2, 0.25) is 0 Å². The third-order valence-electron chi connectivity index (χ3n) is 4.55. The minimum atomic E-state index is -0.526. The summed E-state index contributed by atoms with van der Waals surface area (Å²) in [5.74, 6) is 0. The number of hydrogen-bond donors (Lipinski definition) is 1. The van der Waals surface area contributed by atoms with E-state index in [-0.39, 0.29) is 12.1 Å². The monoisotopic (exact) mass is 385 g/mol. The van der Waals surface area contributed by atoms with Crippen molar-refractivity contribution in [3.8, 4) is 0 Å². The molecule has 1 aliphatic rings. The van der Waals surface area contributed by atoms with Gasteiger partial charge in [0.15, 0.2) is 0 Å². The molecule has 28 heavy (non-hydrogen) atoms. The number of aryl methyl sites for hydroxylation is 2. The third kappa shape index (κ3) is 4.68. The standard InChI is InChI=1S/C20H27N5O3/c1-13-14(2)22-17-12-15(6-7-16(17)21-13)23-18(26)24-8-10-25(11-9-24)19(27)28-20(3,4)5/h6-7,12H,8-11H2,1-5H3,(H,23,26). The number of nitrogens with zero attached hydrogens (tertiary/aromatic N) is 4. The Kier molecular flexibility index (Phi) is 5.40. The second-order valence-corrected chi connectivity index (χ2v) is 7.98. The molecule has 1 fully saturated rings. The number of rotatable bonds is 1. The molecule has 0 bridgehead atoms. The zero-order valence-corrected chi connectivity index (χ0v) is 17.1. The van der Waals surface area contributed by atoms with Crippen molar-refractivity contribution in [3.63, 3.8) is 0 Å². The summed E-state index contributed by atoms with van der Waals surface area (Å²) in [4.78, 5) is 37.1. The zero-order valence-electron chi connectivity index (χ0n) is 17.1. The Morgan fingerprint density at radius 3 is 2.14 bits per heavy atom. The van der Waals surface area contributed by atoms with Crippen LogP contribution in [0, 0.1) is 13.8 Å². The minimum absolute atomic E-state index is 0.194. The van der Waals surface area contributed by atoms with Crippen LogP contribution in [0.25, 0.3) is 11.0 Å². The molecule has 1 N–H and O–H groups in total. The summed E-state index contributed by atoms with van der Waals surface area (Å²) in [5.41, 5.74) is 3.45. The second-order valence-electron chi connectivity index (χ2n) is 7.98. The summed E-state index contributed by atoms with van der Waals surface area (Å²) < 4.78 is 5.38. The average Bonchev–Trinajstić information content (AvgIpc) is 2.61. The van der Waals surface area contributed by atoms with Crippen molar-refractivity contribution in [1.29, 1.82) is 0 Å². The number of carbonyl (C=O) groups excluding carboxylic acids is 2. The van der Waals surface area contributed by atoms with E-state index in [0.29, 0.717) is 31.9 Å². The van der Waals surface area contributed by atoms with Crippen molar-refractivity contribution in [2.24, 2.45) is 0 Å². The van der Waals surface area contributed by atoms with Gasteiger partial charge in [-0.05, 0) is 52.8 Å². The molecule has 1 aliphatic heterocycles. The van der Waals surface area contributed by atoms with Crippen molar-refractivity contribution in [1.82, 2.24) is 19.8 Å². The zero-order chi connectivity index (χ0) is 20.5. The summed E-state index contributed by atoms with van der Waals surface area (Å²) >= 11 is 0. The van der Waals surface area contributed by atoms with E-state index in [9.17, 15) is 9.59 Å². The first-order valence-electron chi connectivity index (χ1n) is 9.41. The van der Waals surface area contributed by atoms with Gasteiger partial charge in [-0.3, -0.25) is 0 Å². The lowest BCUT2D eigenvalue weighted by atomic mass is 10.2. The summed E-state index contributed by atoms with van der Waals surface area (Å²) in [6.07, 6.45) is -0.341. The van der Waals surface area contributed by atoms with E-state index >= 15 is 0 Å². The number of fused-ring (bicyclic) bond motifs is 1. The molecule has 0 spiro atoms. The highest BCUT2D eigenvalue weighted by Gasteiger charge is 2.27. The molecule has 0 unspecified atom stereocenters. The molecule has 0 atom stereocenters. The van der Waals surface area contributed by atoms with Crippen LogP contribution in [-0.2, 0) is 4.74 Å². The molecule has 0 saturated carbocycles. The molecule has 1 aromatic heterocycles. The van der Waals surface area contributed by atoms with Crippen LogP contribution in [0.5, 0.6) is 0 Å². The lowest BCUT2D eigenvalue weighted by Crippen LogP contribution is -2.52. The predicted molar refractivity (Wildman–Crippen MR) is 107 cm³/mol. The molecule has 3 rings (SSSR count). The first kappa shape index (κ1) is 19.9. The van der Waals surface area contributed by atoms with E-state index in [1.165, 1.54) is 0 Å². The molecular weight excluding hydrogens is 358 g/mol. The number of ether oxygens (including phenoxy) is 1. The molecule has 2 aromatic rings. The van der Waals surface area contributed by atoms with Gasteiger partial charge in [0.05, 0.1) is 22.4 Å². The highest BCUT2D eigenvalue weighted by Crippen LogP contribution is 2.18. The first-order valence-corrected chi connectivity index (χ1v) is 9.41. The van der Waals surface area contributed by atoms with Crippen LogP contribution < -0.4 is 5.32 Å². The Balaban J connectivity index is 1.59. The maximum atomic E-state index is 12.6. The van der Waals surface area contributed by atoms with Gasteiger partial charge in [0.2, 0.25) is 0 Å². The van der Waals surface area contributed by atoms with Gasteiger partial charge in [0.1, 0.15) is 5.60 Å². The lowest BCUT2D eigenvalue weighted by Gasteiger charge is -2.35. The fourth-order valence-electron chi connectivity index (χ4n) is 2.93.